The Morgan fingerprint density at radius 3 is 2.50 bits per heavy atom. The SMILES string of the molecule is CC(=O)OCC(COC(C)=O)OCn1cnc2cncnc21. The van der Waals surface area contributed by atoms with E-state index in [2.05, 4.69) is 15.0 Å². The molecule has 118 valence electrons. The van der Waals surface area contributed by atoms with Crippen LogP contribution < -0.4 is 0 Å². The topological polar surface area (TPSA) is 105 Å². The lowest BCUT2D eigenvalue weighted by molar-refractivity contribution is -0.154. The number of carbonyl (C=O) groups is 2. The van der Waals surface area contributed by atoms with E-state index in [9.17, 15) is 9.59 Å². The standard InChI is InChI=1S/C13H16N4O5/c1-9(18)20-4-11(5-21-10(2)19)22-8-17-7-16-12-3-14-6-15-13(12)17/h3,6-7,11H,4-5,8H2,1-2H3. The van der Waals surface area contributed by atoms with Crippen molar-refractivity contribution >= 4 is 23.1 Å². The van der Waals surface area contributed by atoms with Crippen molar-refractivity contribution in [2.45, 2.75) is 26.7 Å². The lowest BCUT2D eigenvalue weighted by Crippen LogP contribution is -2.28. The quantitative estimate of drug-likeness (QED) is 0.672. The molecule has 2 aromatic heterocycles. The molecule has 2 rings (SSSR count). The third-order valence-electron chi connectivity index (χ3n) is 2.68. The van der Waals surface area contributed by atoms with Gasteiger partial charge in [-0.1, -0.05) is 0 Å². The fraction of sp³-hybridized carbons (Fsp3) is 0.462. The van der Waals surface area contributed by atoms with Crippen LogP contribution in [0.1, 0.15) is 13.8 Å². The molecule has 0 unspecified atom stereocenters. The molecule has 0 N–H and O–H groups in total. The number of imidazole rings is 1. The highest BCUT2D eigenvalue weighted by atomic mass is 16.6. The van der Waals surface area contributed by atoms with Crippen molar-refractivity contribution in [1.29, 1.82) is 0 Å². The molecule has 2 heterocycles. The second kappa shape index (κ2) is 7.46. The average Bonchev–Trinajstić information content (AvgIpc) is 2.89. The highest BCUT2D eigenvalue weighted by Crippen LogP contribution is 2.08. The van der Waals surface area contributed by atoms with Crippen LogP contribution in [0.25, 0.3) is 11.2 Å². The molecule has 9 nitrogen and oxygen atoms in total. The van der Waals surface area contributed by atoms with Gasteiger partial charge < -0.3 is 14.2 Å². The second-order valence-electron chi connectivity index (χ2n) is 4.47. The third-order valence-corrected chi connectivity index (χ3v) is 2.68. The van der Waals surface area contributed by atoms with E-state index in [-0.39, 0.29) is 19.9 Å². The van der Waals surface area contributed by atoms with Crippen LogP contribution >= 0.6 is 0 Å². The molecule has 0 saturated carbocycles. The van der Waals surface area contributed by atoms with E-state index in [1.807, 2.05) is 0 Å². The molecule has 0 aliphatic heterocycles. The summed E-state index contributed by atoms with van der Waals surface area (Å²) in [5, 5.41) is 0. The van der Waals surface area contributed by atoms with Crippen molar-refractivity contribution in [3.8, 4) is 0 Å². The molecule has 0 spiro atoms. The van der Waals surface area contributed by atoms with Crippen LogP contribution in [-0.2, 0) is 30.5 Å². The summed E-state index contributed by atoms with van der Waals surface area (Å²) in [6.45, 7) is 2.70. The molecular weight excluding hydrogens is 292 g/mol. The van der Waals surface area contributed by atoms with Gasteiger partial charge in [0.05, 0.1) is 12.5 Å². The molecule has 0 fully saturated rings. The van der Waals surface area contributed by atoms with E-state index >= 15 is 0 Å². The molecule has 22 heavy (non-hydrogen) atoms. The van der Waals surface area contributed by atoms with Gasteiger partial charge in [0, 0.05) is 13.8 Å². The number of esters is 2. The minimum atomic E-state index is -0.577. The predicted molar refractivity (Wildman–Crippen MR) is 73.5 cm³/mol. The van der Waals surface area contributed by atoms with E-state index in [1.165, 1.54) is 20.2 Å². The molecule has 9 heteroatoms. The molecule has 0 radical (unpaired) electrons. The number of nitrogens with zero attached hydrogens (tertiary/aromatic N) is 4. The summed E-state index contributed by atoms with van der Waals surface area (Å²) in [5.41, 5.74) is 1.26. The predicted octanol–water partition coefficient (Wildman–Crippen LogP) is 0.295. The molecule has 0 amide bonds. The van der Waals surface area contributed by atoms with E-state index in [1.54, 1.807) is 17.1 Å². The summed E-state index contributed by atoms with van der Waals surface area (Å²) in [4.78, 5) is 33.9. The number of ether oxygens (including phenoxy) is 3. The van der Waals surface area contributed by atoms with E-state index in [0.717, 1.165) is 0 Å². The summed E-state index contributed by atoms with van der Waals surface area (Å²) < 4.78 is 17.1. The van der Waals surface area contributed by atoms with Crippen molar-refractivity contribution < 1.29 is 23.8 Å². The Bertz CT molecular complexity index is 639. The Morgan fingerprint density at radius 2 is 1.86 bits per heavy atom. The second-order valence-corrected chi connectivity index (χ2v) is 4.47. The Labute approximate surface area is 126 Å². The van der Waals surface area contributed by atoms with Gasteiger partial charge in [0.15, 0.2) is 5.65 Å². The number of hydrogen-bond donors (Lipinski definition) is 0. The van der Waals surface area contributed by atoms with Gasteiger partial charge in [-0.3, -0.25) is 14.2 Å². The first kappa shape index (κ1) is 15.8. The van der Waals surface area contributed by atoms with Gasteiger partial charge in [0.1, 0.15) is 37.9 Å². The van der Waals surface area contributed by atoms with Gasteiger partial charge in [-0.2, -0.15) is 0 Å². The minimum Gasteiger partial charge on any atom is -0.463 e. The lowest BCUT2D eigenvalue weighted by atomic mass is 10.4. The van der Waals surface area contributed by atoms with Crippen LogP contribution in [0.5, 0.6) is 0 Å². The third kappa shape index (κ3) is 4.48. The summed E-state index contributed by atoms with van der Waals surface area (Å²) in [7, 11) is 0. The summed E-state index contributed by atoms with van der Waals surface area (Å²) in [6, 6.07) is 0. The molecular formula is C13H16N4O5. The fourth-order valence-corrected chi connectivity index (χ4v) is 1.66. The van der Waals surface area contributed by atoms with Crippen molar-refractivity contribution in [2.75, 3.05) is 13.2 Å². The van der Waals surface area contributed by atoms with Crippen LogP contribution in [-0.4, -0.2) is 50.8 Å². The maximum atomic E-state index is 10.9. The maximum Gasteiger partial charge on any atom is 0.302 e. The minimum absolute atomic E-state index is 0.00970. The smallest absolute Gasteiger partial charge is 0.302 e. The van der Waals surface area contributed by atoms with Crippen LogP contribution in [0.15, 0.2) is 18.9 Å². The molecule has 0 aliphatic carbocycles. The van der Waals surface area contributed by atoms with Crippen molar-refractivity contribution in [1.82, 2.24) is 19.5 Å². The molecule has 0 aromatic carbocycles. The first-order valence-electron chi connectivity index (χ1n) is 6.55. The number of carbonyl (C=O) groups excluding carboxylic acids is 2. The normalized spacial score (nSPS) is 10.9. The Hall–Kier alpha value is -2.55. The van der Waals surface area contributed by atoms with E-state index in [4.69, 9.17) is 14.2 Å². The highest BCUT2D eigenvalue weighted by molar-refractivity contribution is 5.68. The zero-order valence-electron chi connectivity index (χ0n) is 12.3. The van der Waals surface area contributed by atoms with Gasteiger partial charge in [0.2, 0.25) is 0 Å². The molecule has 0 saturated heterocycles. The highest BCUT2D eigenvalue weighted by Gasteiger charge is 2.14. The van der Waals surface area contributed by atoms with Gasteiger partial charge in [-0.15, -0.1) is 0 Å². The Kier molecular flexibility index (Phi) is 5.37. The number of rotatable bonds is 7. The van der Waals surface area contributed by atoms with Crippen LogP contribution in [0.4, 0.5) is 0 Å². The number of aromatic nitrogens is 4. The average molecular weight is 308 g/mol. The van der Waals surface area contributed by atoms with Gasteiger partial charge in [0.25, 0.3) is 0 Å². The maximum absolute atomic E-state index is 10.9. The Balaban J connectivity index is 1.96. The van der Waals surface area contributed by atoms with Crippen LogP contribution in [0.2, 0.25) is 0 Å². The van der Waals surface area contributed by atoms with E-state index in [0.29, 0.717) is 11.2 Å². The van der Waals surface area contributed by atoms with Gasteiger partial charge in [-0.05, 0) is 0 Å². The molecule has 2 aromatic rings. The van der Waals surface area contributed by atoms with Gasteiger partial charge in [-0.25, -0.2) is 15.0 Å². The summed E-state index contributed by atoms with van der Waals surface area (Å²) >= 11 is 0. The summed E-state index contributed by atoms with van der Waals surface area (Å²) in [6.07, 6.45) is 3.99. The van der Waals surface area contributed by atoms with Crippen molar-refractivity contribution in [3.63, 3.8) is 0 Å². The van der Waals surface area contributed by atoms with E-state index < -0.39 is 18.0 Å². The monoisotopic (exact) mass is 308 g/mol. The van der Waals surface area contributed by atoms with Gasteiger partial charge >= 0.3 is 11.9 Å². The summed E-state index contributed by atoms with van der Waals surface area (Å²) in [5.74, 6) is -0.866. The first-order chi connectivity index (χ1) is 10.6. The molecule has 0 aliphatic rings. The number of hydrogen-bond acceptors (Lipinski definition) is 8. The zero-order chi connectivity index (χ0) is 15.9. The Morgan fingerprint density at radius 1 is 1.18 bits per heavy atom. The molecule has 0 atom stereocenters. The molecule has 0 bridgehead atoms. The van der Waals surface area contributed by atoms with Crippen molar-refractivity contribution in [2.24, 2.45) is 0 Å². The fourth-order valence-electron chi connectivity index (χ4n) is 1.66. The van der Waals surface area contributed by atoms with Crippen LogP contribution in [0.3, 0.4) is 0 Å². The lowest BCUT2D eigenvalue weighted by Gasteiger charge is -2.17. The van der Waals surface area contributed by atoms with Crippen molar-refractivity contribution in [3.05, 3.63) is 18.9 Å². The van der Waals surface area contributed by atoms with Crippen LogP contribution in [0, 0.1) is 0 Å². The largest absolute Gasteiger partial charge is 0.463 e. The zero-order valence-corrected chi connectivity index (χ0v) is 12.3. The number of fused-ring (bicyclic) bond motifs is 1. The first-order valence-corrected chi connectivity index (χ1v) is 6.55.